The van der Waals surface area contributed by atoms with Crippen molar-refractivity contribution < 1.29 is 4.79 Å². The lowest BCUT2D eigenvalue weighted by atomic mass is 9.93. The number of hydrogen-bond acceptors (Lipinski definition) is 6. The zero-order chi connectivity index (χ0) is 17.9. The number of aromatic nitrogens is 2. The molecule has 0 radical (unpaired) electrons. The summed E-state index contributed by atoms with van der Waals surface area (Å²) in [4.78, 5) is 27.1. The maximum absolute atomic E-state index is 12.5. The first-order chi connectivity index (χ1) is 12.7. The van der Waals surface area contributed by atoms with Crippen molar-refractivity contribution in [3.05, 3.63) is 35.0 Å². The van der Waals surface area contributed by atoms with E-state index in [9.17, 15) is 4.79 Å². The Hall–Kier alpha value is -2.15. The third-order valence-electron chi connectivity index (χ3n) is 5.18. The van der Waals surface area contributed by atoms with Crippen LogP contribution in [0.5, 0.6) is 0 Å². The standard InChI is InChI=1S/C19H25N5OS/c1-14-5-6-15-16(12-14)26-19(22-15)21-13-18(25)24-10-8-23(9-11-24)17-4-2-3-7-20-17/h2-4,7,14H,5-6,8-13H2,1H3,(H,21,22). The van der Waals surface area contributed by atoms with Crippen molar-refractivity contribution in [1.29, 1.82) is 0 Å². The number of fused-ring (bicyclic) bond motifs is 1. The van der Waals surface area contributed by atoms with Crippen LogP contribution in [0.3, 0.4) is 0 Å². The van der Waals surface area contributed by atoms with Gasteiger partial charge in [-0.05, 0) is 37.3 Å². The fraction of sp³-hybridized carbons (Fsp3) is 0.526. The minimum atomic E-state index is 0.146. The Morgan fingerprint density at radius 1 is 1.31 bits per heavy atom. The predicted molar refractivity (Wildman–Crippen MR) is 105 cm³/mol. The van der Waals surface area contributed by atoms with Crippen molar-refractivity contribution in [2.75, 3.05) is 42.9 Å². The zero-order valence-corrected chi connectivity index (χ0v) is 16.0. The van der Waals surface area contributed by atoms with E-state index in [4.69, 9.17) is 0 Å². The average Bonchev–Trinajstić information content (AvgIpc) is 3.09. The van der Waals surface area contributed by atoms with E-state index >= 15 is 0 Å². The summed E-state index contributed by atoms with van der Waals surface area (Å²) in [6, 6.07) is 5.94. The van der Waals surface area contributed by atoms with E-state index in [-0.39, 0.29) is 5.91 Å². The van der Waals surface area contributed by atoms with Gasteiger partial charge in [0.15, 0.2) is 5.13 Å². The Labute approximate surface area is 158 Å². The second kappa shape index (κ2) is 7.61. The van der Waals surface area contributed by atoms with E-state index in [0.717, 1.165) is 55.9 Å². The van der Waals surface area contributed by atoms with E-state index < -0.39 is 0 Å². The molecule has 2 aromatic rings. The van der Waals surface area contributed by atoms with Crippen LogP contribution in [0.1, 0.15) is 23.9 Å². The van der Waals surface area contributed by atoms with Crippen molar-refractivity contribution >= 4 is 28.2 Å². The number of amides is 1. The fourth-order valence-electron chi connectivity index (χ4n) is 3.60. The van der Waals surface area contributed by atoms with Crippen LogP contribution in [0.4, 0.5) is 10.9 Å². The van der Waals surface area contributed by atoms with Crippen molar-refractivity contribution in [3.63, 3.8) is 0 Å². The van der Waals surface area contributed by atoms with Gasteiger partial charge in [0.2, 0.25) is 5.91 Å². The van der Waals surface area contributed by atoms with Crippen LogP contribution in [-0.2, 0) is 17.6 Å². The Kier molecular flexibility index (Phi) is 5.06. The molecule has 1 atom stereocenters. The maximum atomic E-state index is 12.5. The minimum Gasteiger partial charge on any atom is -0.353 e. The van der Waals surface area contributed by atoms with Crippen molar-refractivity contribution in [2.45, 2.75) is 26.2 Å². The van der Waals surface area contributed by atoms with Crippen LogP contribution in [0.15, 0.2) is 24.4 Å². The summed E-state index contributed by atoms with van der Waals surface area (Å²) in [5, 5.41) is 4.14. The molecule has 1 unspecified atom stereocenters. The molecule has 0 spiro atoms. The SMILES string of the molecule is CC1CCc2nc(NCC(=O)N3CCN(c4ccccn4)CC3)sc2C1. The molecule has 3 heterocycles. The Morgan fingerprint density at radius 3 is 2.92 bits per heavy atom. The van der Waals surface area contributed by atoms with Gasteiger partial charge in [0.25, 0.3) is 0 Å². The number of anilines is 2. The Morgan fingerprint density at radius 2 is 2.15 bits per heavy atom. The van der Waals surface area contributed by atoms with Gasteiger partial charge in [-0.15, -0.1) is 11.3 Å². The van der Waals surface area contributed by atoms with Gasteiger partial charge < -0.3 is 15.1 Å². The molecule has 1 fully saturated rings. The van der Waals surface area contributed by atoms with Gasteiger partial charge in [-0.25, -0.2) is 9.97 Å². The Balaban J connectivity index is 1.27. The number of carbonyl (C=O) groups excluding carboxylic acids is 1. The molecule has 1 N–H and O–H groups in total. The van der Waals surface area contributed by atoms with Gasteiger partial charge in [0.05, 0.1) is 12.2 Å². The van der Waals surface area contributed by atoms with Crippen molar-refractivity contribution in [2.24, 2.45) is 5.92 Å². The molecule has 138 valence electrons. The van der Waals surface area contributed by atoms with Crippen LogP contribution in [0.25, 0.3) is 0 Å². The lowest BCUT2D eigenvalue weighted by Gasteiger charge is -2.35. The van der Waals surface area contributed by atoms with Crippen LogP contribution in [-0.4, -0.2) is 53.5 Å². The third kappa shape index (κ3) is 3.82. The number of aryl methyl sites for hydroxylation is 1. The number of carbonyl (C=O) groups is 1. The highest BCUT2D eigenvalue weighted by Crippen LogP contribution is 2.32. The molecule has 1 aliphatic heterocycles. The zero-order valence-electron chi connectivity index (χ0n) is 15.1. The molecular formula is C19H25N5OS. The molecule has 26 heavy (non-hydrogen) atoms. The summed E-state index contributed by atoms with van der Waals surface area (Å²) in [5.74, 6) is 1.88. The number of nitrogens with zero attached hydrogens (tertiary/aromatic N) is 4. The van der Waals surface area contributed by atoms with E-state index in [0.29, 0.717) is 6.54 Å². The normalized spacial score (nSPS) is 20.0. The number of nitrogens with one attached hydrogen (secondary N) is 1. The van der Waals surface area contributed by atoms with Gasteiger partial charge in [0.1, 0.15) is 5.82 Å². The van der Waals surface area contributed by atoms with E-state index in [1.165, 1.54) is 17.0 Å². The maximum Gasteiger partial charge on any atom is 0.242 e. The first kappa shape index (κ1) is 17.3. The number of piperazine rings is 1. The summed E-state index contributed by atoms with van der Waals surface area (Å²) < 4.78 is 0. The first-order valence-corrected chi connectivity index (χ1v) is 10.2. The van der Waals surface area contributed by atoms with Crippen LogP contribution >= 0.6 is 11.3 Å². The highest BCUT2D eigenvalue weighted by atomic mass is 32.1. The molecule has 0 saturated carbocycles. The molecule has 4 rings (SSSR count). The predicted octanol–water partition coefficient (Wildman–Crippen LogP) is 2.42. The number of hydrogen-bond donors (Lipinski definition) is 1. The van der Waals surface area contributed by atoms with Crippen LogP contribution < -0.4 is 10.2 Å². The third-order valence-corrected chi connectivity index (χ3v) is 6.26. The van der Waals surface area contributed by atoms with Gasteiger partial charge >= 0.3 is 0 Å². The van der Waals surface area contributed by atoms with E-state index in [1.807, 2.05) is 29.3 Å². The molecule has 7 heteroatoms. The smallest absolute Gasteiger partial charge is 0.242 e. The Bertz CT molecular complexity index is 755. The number of pyridine rings is 1. The second-order valence-corrected chi connectivity index (χ2v) is 8.23. The molecule has 6 nitrogen and oxygen atoms in total. The molecule has 0 aromatic carbocycles. The summed E-state index contributed by atoms with van der Waals surface area (Å²) in [5.41, 5.74) is 1.23. The minimum absolute atomic E-state index is 0.146. The molecule has 1 aliphatic carbocycles. The van der Waals surface area contributed by atoms with Gasteiger partial charge in [-0.2, -0.15) is 0 Å². The average molecular weight is 372 g/mol. The van der Waals surface area contributed by atoms with Crippen LogP contribution in [0.2, 0.25) is 0 Å². The highest BCUT2D eigenvalue weighted by molar-refractivity contribution is 7.15. The molecule has 1 amide bonds. The molecule has 2 aliphatic rings. The number of thiazole rings is 1. The summed E-state index contributed by atoms with van der Waals surface area (Å²) in [6.45, 7) is 5.75. The van der Waals surface area contributed by atoms with Gasteiger partial charge in [0, 0.05) is 37.3 Å². The lowest BCUT2D eigenvalue weighted by molar-refractivity contribution is -0.129. The fourth-order valence-corrected chi connectivity index (χ4v) is 4.77. The highest BCUT2D eigenvalue weighted by Gasteiger charge is 2.23. The molecule has 0 bridgehead atoms. The second-order valence-electron chi connectivity index (χ2n) is 7.15. The van der Waals surface area contributed by atoms with E-state index in [1.54, 1.807) is 11.3 Å². The quantitative estimate of drug-likeness (QED) is 0.894. The molecule has 1 saturated heterocycles. The van der Waals surface area contributed by atoms with Crippen molar-refractivity contribution in [3.8, 4) is 0 Å². The summed E-state index contributed by atoms with van der Waals surface area (Å²) in [6.07, 6.45) is 5.22. The van der Waals surface area contributed by atoms with Gasteiger partial charge in [-0.1, -0.05) is 13.0 Å². The largest absolute Gasteiger partial charge is 0.353 e. The topological polar surface area (TPSA) is 61.4 Å². The molecular weight excluding hydrogens is 346 g/mol. The summed E-state index contributed by atoms with van der Waals surface area (Å²) >= 11 is 1.72. The van der Waals surface area contributed by atoms with Gasteiger partial charge in [-0.3, -0.25) is 4.79 Å². The lowest BCUT2D eigenvalue weighted by Crippen LogP contribution is -2.50. The molecule has 2 aromatic heterocycles. The van der Waals surface area contributed by atoms with Crippen LogP contribution in [0, 0.1) is 5.92 Å². The monoisotopic (exact) mass is 371 g/mol. The van der Waals surface area contributed by atoms with Crippen molar-refractivity contribution in [1.82, 2.24) is 14.9 Å². The summed E-state index contributed by atoms with van der Waals surface area (Å²) in [7, 11) is 0. The number of rotatable bonds is 4. The van der Waals surface area contributed by atoms with E-state index in [2.05, 4.69) is 27.1 Å². The first-order valence-electron chi connectivity index (χ1n) is 9.35.